The van der Waals surface area contributed by atoms with Crippen LogP contribution in [0.3, 0.4) is 0 Å². The zero-order valence-corrected chi connectivity index (χ0v) is 12.5. The zero-order chi connectivity index (χ0) is 15.2. The van der Waals surface area contributed by atoms with Gasteiger partial charge in [0.05, 0.1) is 12.5 Å². The molecular weight excluding hydrogens is 272 g/mol. The van der Waals surface area contributed by atoms with Crippen molar-refractivity contribution in [1.82, 2.24) is 9.80 Å². The molecule has 2 fully saturated rings. The maximum Gasteiger partial charge on any atom is 0.306 e. The van der Waals surface area contributed by atoms with Crippen LogP contribution in [0.1, 0.15) is 32.1 Å². The summed E-state index contributed by atoms with van der Waals surface area (Å²) in [7, 11) is 0. The Kier molecular flexibility index (Phi) is 5.99. The Morgan fingerprint density at radius 2 is 1.62 bits per heavy atom. The number of carboxylic acid groups (broad SMARTS) is 1. The highest BCUT2D eigenvalue weighted by atomic mass is 16.4. The lowest BCUT2D eigenvalue weighted by atomic mass is 9.81. The predicted molar refractivity (Wildman–Crippen MR) is 77.8 cm³/mol. The van der Waals surface area contributed by atoms with E-state index < -0.39 is 5.97 Å². The van der Waals surface area contributed by atoms with Gasteiger partial charge in [0.2, 0.25) is 5.91 Å². The van der Waals surface area contributed by atoms with Gasteiger partial charge in [-0.2, -0.15) is 0 Å². The summed E-state index contributed by atoms with van der Waals surface area (Å²) in [4.78, 5) is 27.6. The second-order valence-corrected chi connectivity index (χ2v) is 6.13. The zero-order valence-electron chi connectivity index (χ0n) is 12.5. The molecule has 1 saturated heterocycles. The van der Waals surface area contributed by atoms with Gasteiger partial charge in [0.15, 0.2) is 0 Å². The first-order valence-corrected chi connectivity index (χ1v) is 7.96. The van der Waals surface area contributed by atoms with Crippen molar-refractivity contribution in [3.8, 4) is 0 Å². The molecule has 0 aromatic heterocycles. The first-order valence-electron chi connectivity index (χ1n) is 7.96. The van der Waals surface area contributed by atoms with Gasteiger partial charge in [0.25, 0.3) is 0 Å². The van der Waals surface area contributed by atoms with Gasteiger partial charge in [-0.1, -0.05) is 0 Å². The Labute approximate surface area is 125 Å². The van der Waals surface area contributed by atoms with E-state index in [9.17, 15) is 9.59 Å². The molecule has 120 valence electrons. The molecule has 1 saturated carbocycles. The van der Waals surface area contributed by atoms with E-state index in [-0.39, 0.29) is 24.3 Å². The largest absolute Gasteiger partial charge is 0.481 e. The van der Waals surface area contributed by atoms with Gasteiger partial charge in [0.1, 0.15) is 0 Å². The fourth-order valence-electron chi connectivity index (χ4n) is 3.40. The molecule has 6 heteroatoms. The molecular formula is C15H26N2O4. The Balaban J connectivity index is 1.82. The lowest BCUT2D eigenvalue weighted by Crippen LogP contribution is -2.40. The summed E-state index contributed by atoms with van der Waals surface area (Å²) >= 11 is 0. The molecule has 1 aliphatic carbocycles. The first kappa shape index (κ1) is 16.2. The second kappa shape index (κ2) is 7.75. The number of carbonyl (C=O) groups is 2. The van der Waals surface area contributed by atoms with Crippen LogP contribution < -0.4 is 0 Å². The second-order valence-electron chi connectivity index (χ2n) is 6.13. The molecule has 0 unspecified atom stereocenters. The Bertz CT molecular complexity index is 367. The summed E-state index contributed by atoms with van der Waals surface area (Å²) in [6.45, 7) is 4.07. The van der Waals surface area contributed by atoms with Crippen LogP contribution >= 0.6 is 0 Å². The van der Waals surface area contributed by atoms with E-state index in [2.05, 4.69) is 4.90 Å². The van der Waals surface area contributed by atoms with E-state index >= 15 is 0 Å². The van der Waals surface area contributed by atoms with Gasteiger partial charge in [-0.25, -0.2) is 0 Å². The van der Waals surface area contributed by atoms with E-state index in [1.54, 1.807) is 0 Å². The minimum atomic E-state index is -0.727. The molecule has 0 radical (unpaired) electrons. The lowest BCUT2D eigenvalue weighted by Gasteiger charge is -2.30. The molecule has 2 N–H and O–H groups in total. The summed E-state index contributed by atoms with van der Waals surface area (Å²) < 4.78 is 0. The molecule has 1 heterocycles. The van der Waals surface area contributed by atoms with Crippen molar-refractivity contribution in [2.75, 3.05) is 39.3 Å². The number of nitrogens with zero attached hydrogens (tertiary/aromatic N) is 2. The number of rotatable bonds is 4. The molecule has 0 bridgehead atoms. The third kappa shape index (κ3) is 4.41. The fraction of sp³-hybridized carbons (Fsp3) is 0.867. The van der Waals surface area contributed by atoms with E-state index in [4.69, 9.17) is 10.2 Å². The van der Waals surface area contributed by atoms with Gasteiger partial charge in [0, 0.05) is 32.1 Å². The molecule has 2 rings (SSSR count). The number of β-amino-alcohol motifs (C(OH)–C–C–N with tert-alkyl or cyclic N) is 1. The van der Waals surface area contributed by atoms with Crippen LogP contribution in [-0.2, 0) is 9.59 Å². The smallest absolute Gasteiger partial charge is 0.306 e. The summed E-state index contributed by atoms with van der Waals surface area (Å²) in [5.41, 5.74) is 0. The molecule has 1 aliphatic heterocycles. The number of carboxylic acids is 1. The average Bonchev–Trinajstić information content (AvgIpc) is 2.73. The average molecular weight is 298 g/mol. The molecule has 2 aliphatic rings. The van der Waals surface area contributed by atoms with Crippen LogP contribution in [0.2, 0.25) is 0 Å². The predicted octanol–water partition coefficient (Wildman–Crippen LogP) is 0.404. The minimum absolute atomic E-state index is 0.00462. The van der Waals surface area contributed by atoms with Gasteiger partial charge >= 0.3 is 5.97 Å². The maximum absolute atomic E-state index is 12.6. The number of aliphatic carboxylic acids is 1. The molecule has 21 heavy (non-hydrogen) atoms. The van der Waals surface area contributed by atoms with Crippen molar-refractivity contribution in [3.05, 3.63) is 0 Å². The Morgan fingerprint density at radius 3 is 2.24 bits per heavy atom. The number of amides is 1. The van der Waals surface area contributed by atoms with E-state index in [1.807, 2.05) is 4.90 Å². The number of hydrogen-bond donors (Lipinski definition) is 2. The van der Waals surface area contributed by atoms with E-state index in [0.29, 0.717) is 32.2 Å². The molecule has 6 nitrogen and oxygen atoms in total. The van der Waals surface area contributed by atoms with Gasteiger partial charge in [-0.05, 0) is 38.6 Å². The fourth-order valence-corrected chi connectivity index (χ4v) is 3.40. The van der Waals surface area contributed by atoms with Gasteiger partial charge in [-0.15, -0.1) is 0 Å². The summed E-state index contributed by atoms with van der Waals surface area (Å²) in [6, 6.07) is 0. The van der Waals surface area contributed by atoms with Crippen molar-refractivity contribution in [2.24, 2.45) is 11.8 Å². The summed E-state index contributed by atoms with van der Waals surface area (Å²) in [5, 5.41) is 18.0. The first-order chi connectivity index (χ1) is 10.1. The highest BCUT2D eigenvalue weighted by molar-refractivity contribution is 5.79. The molecule has 0 aromatic carbocycles. The van der Waals surface area contributed by atoms with Crippen LogP contribution in [-0.4, -0.2) is 71.2 Å². The van der Waals surface area contributed by atoms with Crippen molar-refractivity contribution < 1.29 is 19.8 Å². The molecule has 0 aromatic rings. The number of aliphatic hydroxyl groups excluding tert-OH is 1. The van der Waals surface area contributed by atoms with Crippen molar-refractivity contribution >= 4 is 11.9 Å². The highest BCUT2D eigenvalue weighted by Crippen LogP contribution is 2.30. The van der Waals surface area contributed by atoms with Crippen molar-refractivity contribution in [3.63, 3.8) is 0 Å². The summed E-state index contributed by atoms with van der Waals surface area (Å²) in [5.74, 6) is -0.789. The van der Waals surface area contributed by atoms with Crippen LogP contribution in [0.15, 0.2) is 0 Å². The standard InChI is InChI=1S/C15H26N2O4/c18-11-10-16-6-1-7-17(9-8-16)14(19)12-2-4-13(5-3-12)15(20)21/h12-13,18H,1-11H2,(H,20,21). The molecule has 0 spiro atoms. The molecule has 0 atom stereocenters. The maximum atomic E-state index is 12.6. The monoisotopic (exact) mass is 298 g/mol. The van der Waals surface area contributed by atoms with E-state index in [1.165, 1.54) is 0 Å². The van der Waals surface area contributed by atoms with E-state index in [0.717, 1.165) is 32.6 Å². The van der Waals surface area contributed by atoms with Gasteiger partial charge in [-0.3, -0.25) is 14.5 Å². The van der Waals surface area contributed by atoms with Crippen LogP contribution in [0.4, 0.5) is 0 Å². The van der Waals surface area contributed by atoms with Crippen molar-refractivity contribution in [1.29, 1.82) is 0 Å². The quantitative estimate of drug-likeness (QED) is 0.785. The Hall–Kier alpha value is -1.14. The third-order valence-electron chi connectivity index (χ3n) is 4.74. The van der Waals surface area contributed by atoms with Crippen LogP contribution in [0, 0.1) is 11.8 Å². The topological polar surface area (TPSA) is 81.1 Å². The number of aliphatic hydroxyl groups is 1. The van der Waals surface area contributed by atoms with Crippen molar-refractivity contribution in [2.45, 2.75) is 32.1 Å². The molecule has 1 amide bonds. The SMILES string of the molecule is O=C(O)C1CCC(C(=O)N2CCCN(CCO)CC2)CC1. The summed E-state index contributed by atoms with van der Waals surface area (Å²) in [6.07, 6.45) is 3.59. The number of carbonyl (C=O) groups excluding carboxylic acids is 1. The van der Waals surface area contributed by atoms with Gasteiger partial charge < -0.3 is 15.1 Å². The minimum Gasteiger partial charge on any atom is -0.481 e. The van der Waals surface area contributed by atoms with Crippen LogP contribution in [0.5, 0.6) is 0 Å². The third-order valence-corrected chi connectivity index (χ3v) is 4.74. The normalized spacial score (nSPS) is 28.1. The lowest BCUT2D eigenvalue weighted by molar-refractivity contribution is -0.145. The highest BCUT2D eigenvalue weighted by Gasteiger charge is 2.32. The Morgan fingerprint density at radius 1 is 0.952 bits per heavy atom. The van der Waals surface area contributed by atoms with Crippen LogP contribution in [0.25, 0.3) is 0 Å². The number of hydrogen-bond acceptors (Lipinski definition) is 4.